The second-order valence-electron chi connectivity index (χ2n) is 6.44. The minimum Gasteiger partial charge on any atom is -0.454 e. The van der Waals surface area contributed by atoms with E-state index in [1.165, 1.54) is 24.3 Å². The van der Waals surface area contributed by atoms with E-state index in [1.54, 1.807) is 19.9 Å². The monoisotopic (exact) mass is 426 g/mol. The predicted molar refractivity (Wildman–Crippen MR) is 101 cm³/mol. The topological polar surface area (TPSA) is 102 Å². The molecule has 156 valence electrons. The van der Waals surface area contributed by atoms with Gasteiger partial charge in [0.2, 0.25) is 10.0 Å². The molecule has 0 radical (unpaired) electrons. The molecule has 2 N–H and O–H groups in total. The molecule has 0 spiro atoms. The van der Waals surface area contributed by atoms with Crippen molar-refractivity contribution in [2.75, 3.05) is 11.9 Å². The van der Waals surface area contributed by atoms with Gasteiger partial charge in [0.15, 0.2) is 6.61 Å². The SMILES string of the molecule is CC(C)[C@H](NS(=O)(=O)c1ccccc1)C(=O)OCC(=O)Nc1ccc(F)cc1F. The van der Waals surface area contributed by atoms with Gasteiger partial charge in [0.1, 0.15) is 17.7 Å². The van der Waals surface area contributed by atoms with Crippen molar-refractivity contribution in [3.05, 3.63) is 60.2 Å². The molecule has 0 heterocycles. The molecule has 2 rings (SSSR count). The zero-order valence-corrected chi connectivity index (χ0v) is 16.5. The molecule has 0 aromatic heterocycles. The van der Waals surface area contributed by atoms with Crippen molar-refractivity contribution in [1.29, 1.82) is 0 Å². The Balaban J connectivity index is 1.99. The van der Waals surface area contributed by atoms with Crippen molar-refractivity contribution in [2.45, 2.75) is 24.8 Å². The highest BCUT2D eigenvalue weighted by Gasteiger charge is 2.30. The van der Waals surface area contributed by atoms with Crippen LogP contribution in [0, 0.1) is 17.6 Å². The molecule has 0 fully saturated rings. The van der Waals surface area contributed by atoms with Gasteiger partial charge < -0.3 is 10.1 Å². The van der Waals surface area contributed by atoms with Gasteiger partial charge in [0, 0.05) is 6.07 Å². The summed E-state index contributed by atoms with van der Waals surface area (Å²) in [6.45, 7) is 2.44. The lowest BCUT2D eigenvalue weighted by atomic mass is 10.1. The first-order chi connectivity index (χ1) is 13.6. The molecule has 0 aliphatic rings. The number of halogens is 2. The molecule has 1 amide bonds. The van der Waals surface area contributed by atoms with Gasteiger partial charge in [-0.05, 0) is 30.2 Å². The fourth-order valence-electron chi connectivity index (χ4n) is 2.29. The van der Waals surface area contributed by atoms with Crippen LogP contribution in [-0.2, 0) is 24.3 Å². The van der Waals surface area contributed by atoms with Gasteiger partial charge in [-0.3, -0.25) is 9.59 Å². The van der Waals surface area contributed by atoms with Crippen LogP contribution in [-0.4, -0.2) is 32.9 Å². The first-order valence-corrected chi connectivity index (χ1v) is 10.1. The molecule has 10 heteroatoms. The fraction of sp³-hybridized carbons (Fsp3) is 0.263. The lowest BCUT2D eigenvalue weighted by Crippen LogP contribution is -2.45. The molecule has 29 heavy (non-hydrogen) atoms. The van der Waals surface area contributed by atoms with Crippen molar-refractivity contribution in [3.63, 3.8) is 0 Å². The Morgan fingerprint density at radius 2 is 1.72 bits per heavy atom. The zero-order chi connectivity index (χ0) is 21.6. The molecule has 0 bridgehead atoms. The third-order valence-electron chi connectivity index (χ3n) is 3.81. The summed E-state index contributed by atoms with van der Waals surface area (Å²) in [4.78, 5) is 24.2. The number of ether oxygens (including phenoxy) is 1. The van der Waals surface area contributed by atoms with Gasteiger partial charge >= 0.3 is 5.97 Å². The van der Waals surface area contributed by atoms with Crippen molar-refractivity contribution in [2.24, 2.45) is 5.92 Å². The molecule has 2 aromatic rings. The van der Waals surface area contributed by atoms with Crippen molar-refractivity contribution >= 4 is 27.6 Å². The van der Waals surface area contributed by atoms with Crippen LogP contribution in [0.2, 0.25) is 0 Å². The Bertz CT molecular complexity index is 981. The highest BCUT2D eigenvalue weighted by molar-refractivity contribution is 7.89. The number of benzene rings is 2. The average molecular weight is 426 g/mol. The van der Waals surface area contributed by atoms with Crippen LogP contribution in [0.25, 0.3) is 0 Å². The van der Waals surface area contributed by atoms with Crippen LogP contribution in [0.1, 0.15) is 13.8 Å². The third kappa shape index (κ3) is 6.33. The molecular formula is C19H20F2N2O5S. The van der Waals surface area contributed by atoms with E-state index in [0.29, 0.717) is 6.07 Å². The first kappa shape index (κ1) is 22.4. The molecular weight excluding hydrogens is 406 g/mol. The van der Waals surface area contributed by atoms with Crippen LogP contribution in [0.3, 0.4) is 0 Å². The van der Waals surface area contributed by atoms with E-state index in [-0.39, 0.29) is 10.6 Å². The summed E-state index contributed by atoms with van der Waals surface area (Å²) >= 11 is 0. The molecule has 1 atom stereocenters. The Kier molecular flexibility index (Phi) is 7.40. The molecule has 7 nitrogen and oxygen atoms in total. The van der Waals surface area contributed by atoms with E-state index in [9.17, 15) is 26.8 Å². The van der Waals surface area contributed by atoms with E-state index in [1.807, 2.05) is 0 Å². The Labute approximate surface area is 167 Å². The van der Waals surface area contributed by atoms with Crippen LogP contribution < -0.4 is 10.0 Å². The predicted octanol–water partition coefficient (Wildman–Crippen LogP) is 2.45. The minimum absolute atomic E-state index is 0.0250. The molecule has 0 unspecified atom stereocenters. The van der Waals surface area contributed by atoms with Gasteiger partial charge in [-0.2, -0.15) is 4.72 Å². The summed E-state index contributed by atoms with van der Waals surface area (Å²) in [5, 5.41) is 2.14. The maximum Gasteiger partial charge on any atom is 0.324 e. The summed E-state index contributed by atoms with van der Waals surface area (Å²) in [5.41, 5.74) is -0.280. The smallest absolute Gasteiger partial charge is 0.324 e. The summed E-state index contributed by atoms with van der Waals surface area (Å²) in [6.07, 6.45) is 0. The first-order valence-electron chi connectivity index (χ1n) is 8.59. The third-order valence-corrected chi connectivity index (χ3v) is 5.26. The van der Waals surface area contributed by atoms with Gasteiger partial charge in [-0.1, -0.05) is 32.0 Å². The van der Waals surface area contributed by atoms with Gasteiger partial charge in [0.05, 0.1) is 10.6 Å². The second kappa shape index (κ2) is 9.57. The van der Waals surface area contributed by atoms with E-state index in [4.69, 9.17) is 4.74 Å². The molecule has 0 saturated carbocycles. The zero-order valence-electron chi connectivity index (χ0n) is 15.7. The van der Waals surface area contributed by atoms with Crippen LogP contribution >= 0.6 is 0 Å². The van der Waals surface area contributed by atoms with Crippen LogP contribution in [0.4, 0.5) is 14.5 Å². The number of hydrogen-bond donors (Lipinski definition) is 2. The lowest BCUT2D eigenvalue weighted by molar-refractivity contribution is -0.150. The van der Waals surface area contributed by atoms with Gasteiger partial charge in [-0.25, -0.2) is 17.2 Å². The number of esters is 1. The van der Waals surface area contributed by atoms with Crippen molar-refractivity contribution < 1.29 is 31.5 Å². The number of carbonyl (C=O) groups excluding carboxylic acids is 2. The Hall–Kier alpha value is -2.85. The van der Waals surface area contributed by atoms with Gasteiger partial charge in [0.25, 0.3) is 5.91 Å². The van der Waals surface area contributed by atoms with E-state index < -0.39 is 52.1 Å². The fourth-order valence-corrected chi connectivity index (χ4v) is 3.65. The average Bonchev–Trinajstić information content (AvgIpc) is 2.67. The highest BCUT2D eigenvalue weighted by atomic mass is 32.2. The van der Waals surface area contributed by atoms with Crippen LogP contribution in [0.5, 0.6) is 0 Å². The van der Waals surface area contributed by atoms with Crippen LogP contribution in [0.15, 0.2) is 53.4 Å². The number of hydrogen-bond acceptors (Lipinski definition) is 5. The molecule has 0 saturated heterocycles. The Morgan fingerprint density at radius 3 is 2.31 bits per heavy atom. The number of nitrogens with one attached hydrogen (secondary N) is 2. The highest BCUT2D eigenvalue weighted by Crippen LogP contribution is 2.15. The van der Waals surface area contributed by atoms with Gasteiger partial charge in [-0.15, -0.1) is 0 Å². The van der Waals surface area contributed by atoms with E-state index in [2.05, 4.69) is 10.0 Å². The number of amides is 1. The van der Waals surface area contributed by atoms with Crippen molar-refractivity contribution in [1.82, 2.24) is 4.72 Å². The largest absolute Gasteiger partial charge is 0.454 e. The maximum atomic E-state index is 13.6. The van der Waals surface area contributed by atoms with E-state index >= 15 is 0 Å². The van der Waals surface area contributed by atoms with Crippen molar-refractivity contribution in [3.8, 4) is 0 Å². The number of sulfonamides is 1. The maximum absolute atomic E-state index is 13.6. The second-order valence-corrected chi connectivity index (χ2v) is 8.15. The standard InChI is InChI=1S/C19H20F2N2O5S/c1-12(2)18(23-29(26,27)14-6-4-3-5-7-14)19(25)28-11-17(24)22-16-9-8-13(20)10-15(16)21/h3-10,12,18,23H,11H2,1-2H3,(H,22,24)/t18-/m0/s1. The summed E-state index contributed by atoms with van der Waals surface area (Å²) in [7, 11) is -3.98. The quantitative estimate of drug-likeness (QED) is 0.632. The Morgan fingerprint density at radius 1 is 1.07 bits per heavy atom. The number of carbonyl (C=O) groups is 2. The summed E-state index contributed by atoms with van der Waals surface area (Å²) in [6, 6.07) is 8.80. The normalized spacial score (nSPS) is 12.4. The summed E-state index contributed by atoms with van der Waals surface area (Å²) in [5.74, 6) is -4.09. The lowest BCUT2D eigenvalue weighted by Gasteiger charge is -2.20. The molecule has 2 aromatic carbocycles. The molecule has 0 aliphatic carbocycles. The number of anilines is 1. The minimum atomic E-state index is -3.98. The summed E-state index contributed by atoms with van der Waals surface area (Å²) < 4.78 is 58.4. The number of rotatable bonds is 8. The van der Waals surface area contributed by atoms with E-state index in [0.717, 1.165) is 12.1 Å². The molecule has 0 aliphatic heterocycles.